The van der Waals surface area contributed by atoms with Gasteiger partial charge in [0.15, 0.2) is 11.5 Å². The number of carboxylic acid groups (broad SMARTS) is 1. The molecule has 0 amide bonds. The highest BCUT2D eigenvalue weighted by Crippen LogP contribution is 2.34. The van der Waals surface area contributed by atoms with Crippen molar-refractivity contribution in [3.05, 3.63) is 110 Å². The smallest absolute Gasteiger partial charge is 0.335 e. The van der Waals surface area contributed by atoms with Crippen LogP contribution >= 0.6 is 15.9 Å². The van der Waals surface area contributed by atoms with E-state index in [1.165, 1.54) is 4.68 Å². The molecule has 212 valence electrons. The second kappa shape index (κ2) is 12.5. The molecule has 0 bridgehead atoms. The standard InChI is InChI=1S/C32H32BrN3O5/c1-6-8-23-15-21(16-27(40-7-2)28(23)41-19-20-9-11-22(12-10-20)30(38)39)18-34-36-29(37)25-17-24(33)13-14-26(25)35-31(36)32(3,4)5/h6,9-18H,1,7-8,19H2,2-5H3,(H,38,39). The van der Waals surface area contributed by atoms with Crippen molar-refractivity contribution in [2.45, 2.75) is 46.1 Å². The van der Waals surface area contributed by atoms with Crippen LogP contribution in [0.5, 0.6) is 11.5 Å². The second-order valence-corrected chi connectivity index (χ2v) is 11.3. The molecule has 0 saturated heterocycles. The zero-order valence-electron chi connectivity index (χ0n) is 23.5. The summed E-state index contributed by atoms with van der Waals surface area (Å²) in [6, 6.07) is 15.7. The summed E-state index contributed by atoms with van der Waals surface area (Å²) >= 11 is 3.44. The number of rotatable bonds is 10. The monoisotopic (exact) mass is 617 g/mol. The number of aromatic carboxylic acids is 1. The highest BCUT2D eigenvalue weighted by atomic mass is 79.9. The number of nitrogens with zero attached hydrogens (tertiary/aromatic N) is 3. The van der Waals surface area contributed by atoms with Crippen LogP contribution in [0.25, 0.3) is 10.9 Å². The minimum Gasteiger partial charge on any atom is -0.490 e. The molecule has 1 heterocycles. The Morgan fingerprint density at radius 2 is 1.85 bits per heavy atom. The molecule has 0 aliphatic heterocycles. The van der Waals surface area contributed by atoms with Crippen molar-refractivity contribution in [3.63, 3.8) is 0 Å². The van der Waals surface area contributed by atoms with Crippen LogP contribution in [-0.4, -0.2) is 33.6 Å². The third-order valence-electron chi connectivity index (χ3n) is 6.20. The van der Waals surface area contributed by atoms with E-state index in [4.69, 9.17) is 19.6 Å². The predicted molar refractivity (Wildman–Crippen MR) is 165 cm³/mol. The number of allylic oxidation sites excluding steroid dienone is 1. The highest BCUT2D eigenvalue weighted by molar-refractivity contribution is 9.10. The van der Waals surface area contributed by atoms with E-state index < -0.39 is 11.4 Å². The maximum Gasteiger partial charge on any atom is 0.335 e. The first-order valence-corrected chi connectivity index (χ1v) is 13.9. The fourth-order valence-electron chi connectivity index (χ4n) is 4.26. The van der Waals surface area contributed by atoms with Crippen LogP contribution in [-0.2, 0) is 18.4 Å². The minimum absolute atomic E-state index is 0.211. The average molecular weight is 619 g/mol. The molecular formula is C32H32BrN3O5. The molecule has 3 aromatic carbocycles. The van der Waals surface area contributed by atoms with Gasteiger partial charge in [-0.2, -0.15) is 9.78 Å². The fraction of sp³-hybridized carbons (Fsp3) is 0.250. The van der Waals surface area contributed by atoms with Crippen LogP contribution in [0, 0.1) is 0 Å². The van der Waals surface area contributed by atoms with Crippen molar-refractivity contribution in [3.8, 4) is 11.5 Å². The molecule has 4 aromatic rings. The van der Waals surface area contributed by atoms with Gasteiger partial charge in [-0.15, -0.1) is 6.58 Å². The number of halogens is 1. The number of hydrogen-bond donors (Lipinski definition) is 1. The van der Waals surface area contributed by atoms with Gasteiger partial charge < -0.3 is 14.6 Å². The van der Waals surface area contributed by atoms with Crippen molar-refractivity contribution < 1.29 is 19.4 Å². The molecule has 4 rings (SSSR count). The van der Waals surface area contributed by atoms with E-state index in [0.717, 1.165) is 15.6 Å². The maximum atomic E-state index is 13.5. The summed E-state index contributed by atoms with van der Waals surface area (Å²) in [6.45, 7) is 12.4. The number of benzene rings is 3. The predicted octanol–water partition coefficient (Wildman–Crippen LogP) is 6.74. The van der Waals surface area contributed by atoms with Crippen molar-refractivity contribution in [2.24, 2.45) is 5.10 Å². The zero-order valence-corrected chi connectivity index (χ0v) is 25.1. The molecular weight excluding hydrogens is 586 g/mol. The average Bonchev–Trinajstić information content (AvgIpc) is 2.92. The molecule has 0 radical (unpaired) electrons. The van der Waals surface area contributed by atoms with Crippen LogP contribution < -0.4 is 15.0 Å². The Morgan fingerprint density at radius 1 is 1.12 bits per heavy atom. The topological polar surface area (TPSA) is 103 Å². The number of carboxylic acids is 1. The fourth-order valence-corrected chi connectivity index (χ4v) is 4.62. The van der Waals surface area contributed by atoms with Crippen LogP contribution in [0.3, 0.4) is 0 Å². The normalized spacial score (nSPS) is 11.6. The summed E-state index contributed by atoms with van der Waals surface area (Å²) in [7, 11) is 0. The Bertz CT molecular complexity index is 1690. The van der Waals surface area contributed by atoms with E-state index in [2.05, 4.69) is 27.6 Å². The van der Waals surface area contributed by atoms with Gasteiger partial charge in [0.05, 0.1) is 29.3 Å². The number of aromatic nitrogens is 2. The van der Waals surface area contributed by atoms with Crippen LogP contribution in [0.2, 0.25) is 0 Å². The summed E-state index contributed by atoms with van der Waals surface area (Å²) in [5, 5.41) is 14.2. The molecule has 8 nitrogen and oxygen atoms in total. The zero-order chi connectivity index (χ0) is 29.7. The molecule has 0 atom stereocenters. The molecule has 1 aromatic heterocycles. The lowest BCUT2D eigenvalue weighted by Crippen LogP contribution is -2.29. The van der Waals surface area contributed by atoms with Gasteiger partial charge in [-0.3, -0.25) is 4.79 Å². The maximum absolute atomic E-state index is 13.5. The molecule has 41 heavy (non-hydrogen) atoms. The van der Waals surface area contributed by atoms with Gasteiger partial charge in [0, 0.05) is 15.5 Å². The van der Waals surface area contributed by atoms with Gasteiger partial charge in [-0.25, -0.2) is 9.78 Å². The quantitative estimate of drug-likeness (QED) is 0.156. The summed E-state index contributed by atoms with van der Waals surface area (Å²) < 4.78 is 14.3. The van der Waals surface area contributed by atoms with Crippen molar-refractivity contribution >= 4 is 39.0 Å². The van der Waals surface area contributed by atoms with E-state index >= 15 is 0 Å². The van der Waals surface area contributed by atoms with Gasteiger partial charge >= 0.3 is 5.97 Å². The van der Waals surface area contributed by atoms with Crippen molar-refractivity contribution in [1.82, 2.24) is 9.66 Å². The number of fused-ring (bicyclic) bond motifs is 1. The van der Waals surface area contributed by atoms with Gasteiger partial charge in [0.25, 0.3) is 5.56 Å². The Hall–Kier alpha value is -4.24. The third kappa shape index (κ3) is 6.92. The molecule has 0 aliphatic rings. The molecule has 0 saturated carbocycles. The lowest BCUT2D eigenvalue weighted by atomic mass is 9.95. The number of carbonyl (C=O) groups is 1. The first-order valence-electron chi connectivity index (χ1n) is 13.1. The number of hydrogen-bond acceptors (Lipinski definition) is 6. The highest BCUT2D eigenvalue weighted by Gasteiger charge is 2.23. The summed E-state index contributed by atoms with van der Waals surface area (Å²) in [5.41, 5.74) is 2.48. The molecule has 0 spiro atoms. The Kier molecular flexibility index (Phi) is 9.08. The summed E-state index contributed by atoms with van der Waals surface area (Å²) in [5.74, 6) is 0.653. The Morgan fingerprint density at radius 3 is 2.49 bits per heavy atom. The second-order valence-electron chi connectivity index (χ2n) is 10.4. The van der Waals surface area contributed by atoms with Gasteiger partial charge in [0.2, 0.25) is 0 Å². The van der Waals surface area contributed by atoms with Crippen LogP contribution in [0.15, 0.2) is 81.6 Å². The van der Waals surface area contributed by atoms with E-state index in [-0.39, 0.29) is 17.7 Å². The first-order chi connectivity index (χ1) is 19.5. The van der Waals surface area contributed by atoms with E-state index in [0.29, 0.717) is 46.8 Å². The van der Waals surface area contributed by atoms with E-state index in [9.17, 15) is 9.59 Å². The summed E-state index contributed by atoms with van der Waals surface area (Å²) in [4.78, 5) is 29.5. The molecule has 1 N–H and O–H groups in total. The molecule has 0 aliphatic carbocycles. The van der Waals surface area contributed by atoms with Gasteiger partial charge in [-0.1, -0.05) is 54.9 Å². The Balaban J connectivity index is 1.75. The SMILES string of the molecule is C=CCc1cc(C=Nn2c(C(C)(C)C)nc3ccc(Br)cc3c2=O)cc(OCC)c1OCc1ccc(C(=O)O)cc1. The van der Waals surface area contributed by atoms with Crippen LogP contribution in [0.1, 0.15) is 60.6 Å². The van der Waals surface area contributed by atoms with Crippen molar-refractivity contribution in [2.75, 3.05) is 6.61 Å². The molecule has 0 fully saturated rings. The summed E-state index contributed by atoms with van der Waals surface area (Å²) in [6.07, 6.45) is 3.90. The molecule has 9 heteroatoms. The largest absolute Gasteiger partial charge is 0.490 e. The van der Waals surface area contributed by atoms with Gasteiger partial charge in [-0.05, 0) is 66.9 Å². The third-order valence-corrected chi connectivity index (χ3v) is 6.70. The Labute approximate surface area is 247 Å². The molecule has 0 unspecified atom stereocenters. The number of ether oxygens (including phenoxy) is 2. The first kappa shape index (κ1) is 29.7. The lowest BCUT2D eigenvalue weighted by molar-refractivity contribution is 0.0697. The lowest BCUT2D eigenvalue weighted by Gasteiger charge is -2.21. The van der Waals surface area contributed by atoms with E-state index in [1.54, 1.807) is 42.6 Å². The van der Waals surface area contributed by atoms with Crippen LogP contribution in [0.4, 0.5) is 0 Å². The van der Waals surface area contributed by atoms with Gasteiger partial charge in [0.1, 0.15) is 12.4 Å². The van der Waals surface area contributed by atoms with Crippen molar-refractivity contribution in [1.29, 1.82) is 0 Å². The minimum atomic E-state index is -0.981. The van der Waals surface area contributed by atoms with E-state index in [1.807, 2.05) is 52.0 Å².